The van der Waals surface area contributed by atoms with Crippen molar-refractivity contribution in [1.82, 2.24) is 4.98 Å². The Bertz CT molecular complexity index is 641. The molecule has 1 aromatic heterocycles. The minimum absolute atomic E-state index is 0.0452. The Kier molecular flexibility index (Phi) is 2.43. The topological polar surface area (TPSA) is 93.3 Å². The van der Waals surface area contributed by atoms with E-state index < -0.39 is 28.1 Å². The Balaban J connectivity index is 2.92. The average molecular weight is 236 g/mol. The van der Waals surface area contributed by atoms with Crippen molar-refractivity contribution in [2.75, 3.05) is 0 Å². The molecular formula is C10H5FN2O4. The largest absolute Gasteiger partial charge is 0.476 e. The Morgan fingerprint density at radius 3 is 2.71 bits per heavy atom. The number of benzene rings is 1. The monoisotopic (exact) mass is 236 g/mol. The maximum atomic E-state index is 13.2. The number of pyridine rings is 1. The van der Waals surface area contributed by atoms with Gasteiger partial charge >= 0.3 is 5.97 Å². The molecule has 0 fully saturated rings. The molecule has 7 heteroatoms. The maximum Gasteiger partial charge on any atom is 0.355 e. The van der Waals surface area contributed by atoms with Gasteiger partial charge in [0, 0.05) is 11.6 Å². The molecule has 0 aliphatic carbocycles. The number of carboxylic acids is 1. The zero-order valence-electron chi connectivity index (χ0n) is 8.25. The molecule has 86 valence electrons. The third kappa shape index (κ3) is 1.78. The molecule has 1 N–H and O–H groups in total. The fourth-order valence-corrected chi connectivity index (χ4v) is 1.55. The highest BCUT2D eigenvalue weighted by Crippen LogP contribution is 2.28. The molecule has 0 amide bonds. The molecule has 1 heterocycles. The first-order valence-corrected chi connectivity index (χ1v) is 4.46. The van der Waals surface area contributed by atoms with E-state index in [1.165, 1.54) is 6.07 Å². The van der Waals surface area contributed by atoms with Gasteiger partial charge in [-0.1, -0.05) is 0 Å². The van der Waals surface area contributed by atoms with Crippen molar-refractivity contribution in [3.8, 4) is 0 Å². The van der Waals surface area contributed by atoms with Crippen LogP contribution < -0.4 is 0 Å². The van der Waals surface area contributed by atoms with E-state index in [0.29, 0.717) is 0 Å². The highest BCUT2D eigenvalue weighted by molar-refractivity contribution is 6.04. The summed E-state index contributed by atoms with van der Waals surface area (Å²) < 4.78 is 13.2. The highest BCUT2D eigenvalue weighted by atomic mass is 19.1. The van der Waals surface area contributed by atoms with E-state index in [2.05, 4.69) is 4.98 Å². The van der Waals surface area contributed by atoms with Crippen LogP contribution >= 0.6 is 0 Å². The van der Waals surface area contributed by atoms with Crippen molar-refractivity contribution in [2.45, 2.75) is 0 Å². The Morgan fingerprint density at radius 2 is 2.12 bits per heavy atom. The number of nitro benzene ring substituents is 1. The molecule has 0 aliphatic rings. The lowest BCUT2D eigenvalue weighted by molar-refractivity contribution is -0.383. The summed E-state index contributed by atoms with van der Waals surface area (Å²) in [5, 5.41) is 19.5. The van der Waals surface area contributed by atoms with Crippen LogP contribution in [0.2, 0.25) is 0 Å². The zero-order chi connectivity index (χ0) is 12.6. The molecule has 0 saturated heterocycles. The Morgan fingerprint density at radius 1 is 1.41 bits per heavy atom. The second-order valence-corrected chi connectivity index (χ2v) is 3.24. The predicted octanol–water partition coefficient (Wildman–Crippen LogP) is 1.98. The molecule has 0 unspecified atom stereocenters. The SMILES string of the molecule is O=C(O)c1nccc2c([N+](=O)[O-])cc(F)cc12. The summed E-state index contributed by atoms with van der Waals surface area (Å²) in [5.74, 6) is -2.24. The summed E-state index contributed by atoms with van der Waals surface area (Å²) in [6, 6.07) is 2.94. The van der Waals surface area contributed by atoms with Crippen molar-refractivity contribution in [2.24, 2.45) is 0 Å². The molecule has 0 saturated carbocycles. The van der Waals surface area contributed by atoms with Gasteiger partial charge in [0.15, 0.2) is 5.69 Å². The molecule has 0 aliphatic heterocycles. The van der Waals surface area contributed by atoms with Gasteiger partial charge in [-0.2, -0.15) is 0 Å². The number of carbonyl (C=O) groups is 1. The quantitative estimate of drug-likeness (QED) is 0.635. The Hall–Kier alpha value is -2.57. The number of aromatic carboxylic acids is 1. The summed E-state index contributed by atoms with van der Waals surface area (Å²) in [5.41, 5.74) is -0.894. The van der Waals surface area contributed by atoms with Crippen molar-refractivity contribution in [3.05, 3.63) is 46.0 Å². The van der Waals surface area contributed by atoms with Crippen molar-refractivity contribution in [3.63, 3.8) is 0 Å². The van der Waals surface area contributed by atoms with E-state index >= 15 is 0 Å². The number of hydrogen-bond donors (Lipinski definition) is 1. The second-order valence-electron chi connectivity index (χ2n) is 3.24. The molecule has 0 bridgehead atoms. The van der Waals surface area contributed by atoms with Gasteiger partial charge < -0.3 is 5.11 Å². The molecule has 0 radical (unpaired) electrons. The van der Waals surface area contributed by atoms with Gasteiger partial charge in [0.1, 0.15) is 5.82 Å². The standard InChI is InChI=1S/C10H5FN2O4/c11-5-3-7-6(8(4-5)13(16)17)1-2-12-9(7)10(14)15/h1-4H,(H,14,15). The number of carboxylic acid groups (broad SMARTS) is 1. The third-order valence-corrected chi connectivity index (χ3v) is 2.22. The first-order chi connectivity index (χ1) is 8.00. The van der Waals surface area contributed by atoms with E-state index in [0.717, 1.165) is 18.3 Å². The van der Waals surface area contributed by atoms with Crippen LogP contribution in [0, 0.1) is 15.9 Å². The summed E-state index contributed by atoms with van der Waals surface area (Å²) in [7, 11) is 0. The van der Waals surface area contributed by atoms with Crippen LogP contribution in [0.5, 0.6) is 0 Å². The van der Waals surface area contributed by atoms with Crippen LogP contribution in [-0.4, -0.2) is 21.0 Å². The summed E-state index contributed by atoms with van der Waals surface area (Å²) in [4.78, 5) is 24.4. The average Bonchev–Trinajstić information content (AvgIpc) is 2.26. The number of aromatic nitrogens is 1. The highest BCUT2D eigenvalue weighted by Gasteiger charge is 2.19. The lowest BCUT2D eigenvalue weighted by Gasteiger charge is -2.02. The molecular weight excluding hydrogens is 231 g/mol. The second kappa shape index (κ2) is 3.78. The van der Waals surface area contributed by atoms with Gasteiger partial charge in [-0.05, 0) is 12.1 Å². The predicted molar refractivity (Wildman–Crippen MR) is 55.3 cm³/mol. The lowest BCUT2D eigenvalue weighted by Crippen LogP contribution is -2.02. The van der Waals surface area contributed by atoms with E-state index in [9.17, 15) is 19.3 Å². The van der Waals surface area contributed by atoms with E-state index in [1.54, 1.807) is 0 Å². The van der Waals surface area contributed by atoms with Gasteiger partial charge in [0.25, 0.3) is 5.69 Å². The summed E-state index contributed by atoms with van der Waals surface area (Å²) in [6.45, 7) is 0. The third-order valence-electron chi connectivity index (χ3n) is 2.22. The van der Waals surface area contributed by atoms with Crippen molar-refractivity contribution in [1.29, 1.82) is 0 Å². The van der Waals surface area contributed by atoms with Crippen LogP contribution in [0.1, 0.15) is 10.5 Å². The van der Waals surface area contributed by atoms with Crippen molar-refractivity contribution >= 4 is 22.4 Å². The normalized spacial score (nSPS) is 10.4. The van der Waals surface area contributed by atoms with E-state index in [-0.39, 0.29) is 10.8 Å². The zero-order valence-corrected chi connectivity index (χ0v) is 8.25. The van der Waals surface area contributed by atoms with Crippen LogP contribution in [0.3, 0.4) is 0 Å². The number of halogens is 1. The summed E-state index contributed by atoms with van der Waals surface area (Å²) >= 11 is 0. The molecule has 1 aromatic carbocycles. The Labute approximate surface area is 93.5 Å². The van der Waals surface area contributed by atoms with Crippen molar-refractivity contribution < 1.29 is 19.2 Å². The van der Waals surface area contributed by atoms with Crippen LogP contribution in [0.4, 0.5) is 10.1 Å². The summed E-state index contributed by atoms with van der Waals surface area (Å²) in [6.07, 6.45) is 1.14. The number of nitro groups is 1. The van der Waals surface area contributed by atoms with E-state index in [4.69, 9.17) is 5.11 Å². The van der Waals surface area contributed by atoms with Crippen LogP contribution in [0.25, 0.3) is 10.8 Å². The van der Waals surface area contributed by atoms with E-state index in [1.807, 2.05) is 0 Å². The smallest absolute Gasteiger partial charge is 0.355 e. The fraction of sp³-hybridized carbons (Fsp3) is 0. The van der Waals surface area contributed by atoms with Gasteiger partial charge in [-0.15, -0.1) is 0 Å². The van der Waals surface area contributed by atoms with Gasteiger partial charge in [-0.25, -0.2) is 14.2 Å². The molecule has 2 aromatic rings. The number of nitrogens with zero attached hydrogens (tertiary/aromatic N) is 2. The minimum atomic E-state index is -1.37. The number of hydrogen-bond acceptors (Lipinski definition) is 4. The van der Waals surface area contributed by atoms with Gasteiger partial charge in [0.2, 0.25) is 0 Å². The minimum Gasteiger partial charge on any atom is -0.476 e. The maximum absolute atomic E-state index is 13.2. The molecule has 2 rings (SSSR count). The number of non-ortho nitro benzene ring substituents is 1. The first-order valence-electron chi connectivity index (χ1n) is 4.46. The molecule has 0 atom stereocenters. The number of rotatable bonds is 2. The fourth-order valence-electron chi connectivity index (χ4n) is 1.55. The number of fused-ring (bicyclic) bond motifs is 1. The van der Waals surface area contributed by atoms with Crippen LogP contribution in [0.15, 0.2) is 24.4 Å². The van der Waals surface area contributed by atoms with Gasteiger partial charge in [-0.3, -0.25) is 10.1 Å². The molecule has 6 nitrogen and oxygen atoms in total. The molecule has 17 heavy (non-hydrogen) atoms. The van der Waals surface area contributed by atoms with Crippen LogP contribution in [-0.2, 0) is 0 Å². The molecule has 0 spiro atoms. The lowest BCUT2D eigenvalue weighted by atomic mass is 10.1. The van der Waals surface area contributed by atoms with Gasteiger partial charge in [0.05, 0.1) is 16.4 Å². The first kappa shape index (κ1) is 10.9.